The molecule has 1 aliphatic carbocycles. The van der Waals surface area contributed by atoms with Gasteiger partial charge in [-0.05, 0) is 19.3 Å². The predicted molar refractivity (Wildman–Crippen MR) is 43.2 cm³/mol. The van der Waals surface area contributed by atoms with E-state index in [1.807, 2.05) is 0 Å². The summed E-state index contributed by atoms with van der Waals surface area (Å²) in [6, 6.07) is 0. The van der Waals surface area contributed by atoms with Crippen LogP contribution in [-0.2, 0) is 13.8 Å². The van der Waals surface area contributed by atoms with Crippen molar-refractivity contribution in [3.05, 3.63) is 0 Å². The zero-order valence-corrected chi connectivity index (χ0v) is 7.86. The second kappa shape index (κ2) is 3.29. The van der Waals surface area contributed by atoms with Gasteiger partial charge in [0, 0.05) is 17.8 Å². The van der Waals surface area contributed by atoms with Crippen molar-refractivity contribution >= 4 is 19.7 Å². The van der Waals surface area contributed by atoms with Gasteiger partial charge in [0.05, 0.1) is 6.10 Å². The zero-order chi connectivity index (χ0) is 8.48. The summed E-state index contributed by atoms with van der Waals surface area (Å²) in [5.74, 6) is 0. The van der Waals surface area contributed by atoms with E-state index >= 15 is 0 Å². The van der Waals surface area contributed by atoms with Gasteiger partial charge in [0.1, 0.15) is 5.25 Å². The maximum Gasteiger partial charge on any atom is 0.238 e. The first kappa shape index (κ1) is 9.29. The van der Waals surface area contributed by atoms with Gasteiger partial charge in [-0.15, -0.1) is 0 Å². The number of halogens is 1. The van der Waals surface area contributed by atoms with Gasteiger partial charge < -0.3 is 4.74 Å². The molecule has 5 heteroatoms. The smallest absolute Gasteiger partial charge is 0.238 e. The van der Waals surface area contributed by atoms with Crippen LogP contribution in [0.25, 0.3) is 0 Å². The van der Waals surface area contributed by atoms with Crippen LogP contribution in [0.1, 0.15) is 19.3 Å². The third-order valence-corrected chi connectivity index (χ3v) is 4.01. The fraction of sp³-hybridized carbons (Fsp3) is 1.00. The topological polar surface area (TPSA) is 43.4 Å². The Kier molecular flexibility index (Phi) is 2.78. The first-order valence-corrected chi connectivity index (χ1v) is 5.89. The molecule has 0 bridgehead atoms. The van der Waals surface area contributed by atoms with Crippen LogP contribution in [0.15, 0.2) is 0 Å². The molecule has 0 radical (unpaired) electrons. The van der Waals surface area contributed by atoms with Crippen LogP contribution in [0.3, 0.4) is 0 Å². The molecule has 0 saturated heterocycles. The summed E-state index contributed by atoms with van der Waals surface area (Å²) in [5, 5.41) is -0.492. The number of hydrogen-bond donors (Lipinski definition) is 0. The van der Waals surface area contributed by atoms with Crippen molar-refractivity contribution in [3.63, 3.8) is 0 Å². The van der Waals surface area contributed by atoms with Crippen LogP contribution in [0.5, 0.6) is 0 Å². The largest absolute Gasteiger partial charge is 0.380 e. The van der Waals surface area contributed by atoms with E-state index in [9.17, 15) is 8.42 Å². The molecule has 1 fully saturated rings. The molecule has 0 aromatic carbocycles. The Morgan fingerprint density at radius 2 is 2.09 bits per heavy atom. The summed E-state index contributed by atoms with van der Waals surface area (Å²) in [6.45, 7) is 0. The van der Waals surface area contributed by atoms with Gasteiger partial charge in [0.15, 0.2) is 0 Å². The van der Waals surface area contributed by atoms with E-state index < -0.39 is 14.3 Å². The first-order chi connectivity index (χ1) is 5.05. The SMILES string of the molecule is CO[C@H]1CCC[C@@H]1S(=O)(=O)Cl. The highest BCUT2D eigenvalue weighted by Crippen LogP contribution is 2.29. The molecule has 0 aromatic heterocycles. The van der Waals surface area contributed by atoms with Crippen molar-refractivity contribution in [2.75, 3.05) is 7.11 Å². The third-order valence-electron chi connectivity index (χ3n) is 2.06. The lowest BCUT2D eigenvalue weighted by Gasteiger charge is -2.13. The lowest BCUT2D eigenvalue weighted by Crippen LogP contribution is -2.27. The molecular formula is C6H11ClO3S. The molecule has 0 amide bonds. The maximum atomic E-state index is 10.9. The number of methoxy groups -OCH3 is 1. The predicted octanol–water partition coefficient (Wildman–Crippen LogP) is 1.12. The van der Waals surface area contributed by atoms with Gasteiger partial charge in [0.2, 0.25) is 9.05 Å². The Hall–Kier alpha value is 0.200. The number of hydrogen-bond acceptors (Lipinski definition) is 3. The summed E-state index contributed by atoms with van der Waals surface area (Å²) >= 11 is 0. The minimum Gasteiger partial charge on any atom is -0.380 e. The standard InChI is InChI=1S/C6H11ClO3S/c1-10-5-3-2-4-6(5)11(7,8)9/h5-6H,2-4H2,1H3/t5-,6-/m0/s1. The highest BCUT2D eigenvalue weighted by Gasteiger charge is 2.36. The fourth-order valence-electron chi connectivity index (χ4n) is 1.48. The van der Waals surface area contributed by atoms with E-state index in [4.69, 9.17) is 15.4 Å². The highest BCUT2D eigenvalue weighted by atomic mass is 35.7. The Morgan fingerprint density at radius 1 is 1.45 bits per heavy atom. The molecule has 3 nitrogen and oxygen atoms in total. The summed E-state index contributed by atoms with van der Waals surface area (Å²) in [4.78, 5) is 0. The summed E-state index contributed by atoms with van der Waals surface area (Å²) in [7, 11) is 3.31. The monoisotopic (exact) mass is 198 g/mol. The van der Waals surface area contributed by atoms with Gasteiger partial charge in [-0.2, -0.15) is 0 Å². The molecule has 11 heavy (non-hydrogen) atoms. The van der Waals surface area contributed by atoms with Crippen LogP contribution >= 0.6 is 10.7 Å². The van der Waals surface area contributed by atoms with E-state index in [0.29, 0.717) is 6.42 Å². The molecule has 0 N–H and O–H groups in total. The fourth-order valence-corrected chi connectivity index (χ4v) is 3.15. The Morgan fingerprint density at radius 3 is 2.45 bits per heavy atom. The van der Waals surface area contributed by atoms with Gasteiger partial charge in [-0.1, -0.05) is 0 Å². The average molecular weight is 199 g/mol. The van der Waals surface area contributed by atoms with Gasteiger partial charge in [-0.3, -0.25) is 0 Å². The second-order valence-corrected chi connectivity index (χ2v) is 5.57. The minimum absolute atomic E-state index is 0.197. The Bertz CT molecular complexity index is 224. The molecule has 0 aromatic rings. The third kappa shape index (κ3) is 2.07. The lowest BCUT2D eigenvalue weighted by atomic mass is 10.3. The molecule has 2 atom stereocenters. The van der Waals surface area contributed by atoms with Crippen LogP contribution < -0.4 is 0 Å². The van der Waals surface area contributed by atoms with Gasteiger partial charge >= 0.3 is 0 Å². The van der Waals surface area contributed by atoms with Crippen molar-refractivity contribution < 1.29 is 13.2 Å². The van der Waals surface area contributed by atoms with Crippen molar-refractivity contribution in [2.45, 2.75) is 30.6 Å². The zero-order valence-electron chi connectivity index (χ0n) is 6.29. The molecule has 0 spiro atoms. The summed E-state index contributed by atoms with van der Waals surface area (Å²) < 4.78 is 26.8. The Labute approximate surface area is 71.1 Å². The van der Waals surface area contributed by atoms with Crippen molar-refractivity contribution in [1.29, 1.82) is 0 Å². The van der Waals surface area contributed by atoms with E-state index in [1.54, 1.807) is 0 Å². The molecular weight excluding hydrogens is 188 g/mol. The van der Waals surface area contributed by atoms with Crippen LogP contribution in [0.4, 0.5) is 0 Å². The molecule has 66 valence electrons. The maximum absolute atomic E-state index is 10.9. The number of ether oxygens (including phenoxy) is 1. The summed E-state index contributed by atoms with van der Waals surface area (Å²) in [6.07, 6.45) is 2.12. The van der Waals surface area contributed by atoms with Crippen molar-refractivity contribution in [2.24, 2.45) is 0 Å². The highest BCUT2D eigenvalue weighted by molar-refractivity contribution is 8.14. The first-order valence-electron chi connectivity index (χ1n) is 3.52. The van der Waals surface area contributed by atoms with Gasteiger partial charge in [-0.25, -0.2) is 8.42 Å². The lowest BCUT2D eigenvalue weighted by molar-refractivity contribution is 0.111. The molecule has 0 unspecified atom stereocenters. The normalized spacial score (nSPS) is 32.5. The quantitative estimate of drug-likeness (QED) is 0.625. The minimum atomic E-state index is -3.42. The molecule has 1 rings (SSSR count). The van der Waals surface area contributed by atoms with E-state index in [2.05, 4.69) is 0 Å². The van der Waals surface area contributed by atoms with E-state index in [1.165, 1.54) is 7.11 Å². The number of rotatable bonds is 2. The molecule has 1 aliphatic rings. The second-order valence-electron chi connectivity index (χ2n) is 2.72. The van der Waals surface area contributed by atoms with Gasteiger partial charge in [0.25, 0.3) is 0 Å². The summed E-state index contributed by atoms with van der Waals surface area (Å²) in [5.41, 5.74) is 0. The van der Waals surface area contributed by atoms with E-state index in [-0.39, 0.29) is 6.10 Å². The Balaban J connectivity index is 2.72. The van der Waals surface area contributed by atoms with Crippen LogP contribution in [-0.4, -0.2) is 26.9 Å². The van der Waals surface area contributed by atoms with Crippen molar-refractivity contribution in [3.8, 4) is 0 Å². The molecule has 1 saturated carbocycles. The molecule has 0 heterocycles. The van der Waals surface area contributed by atoms with Crippen LogP contribution in [0, 0.1) is 0 Å². The van der Waals surface area contributed by atoms with E-state index in [0.717, 1.165) is 12.8 Å². The van der Waals surface area contributed by atoms with Crippen LogP contribution in [0.2, 0.25) is 0 Å². The molecule has 0 aliphatic heterocycles. The van der Waals surface area contributed by atoms with Crippen molar-refractivity contribution in [1.82, 2.24) is 0 Å². The average Bonchev–Trinajstić information content (AvgIpc) is 2.31.